The number of nitrogens with zero attached hydrogens (tertiary/aromatic N) is 4. The van der Waals surface area contributed by atoms with Crippen LogP contribution in [0.5, 0.6) is 0 Å². The van der Waals surface area contributed by atoms with E-state index in [0.29, 0.717) is 11.4 Å². The molecule has 116 valence electrons. The van der Waals surface area contributed by atoms with Crippen LogP contribution in [-0.4, -0.2) is 19.7 Å². The maximum absolute atomic E-state index is 12.5. The topological polar surface area (TPSA) is 73.8 Å². The van der Waals surface area contributed by atoms with Crippen LogP contribution in [-0.2, 0) is 6.42 Å². The molecule has 1 atom stereocenters. The number of rotatable bonds is 1. The average Bonchev–Trinajstić information content (AvgIpc) is 2.94. The molecule has 4 rings (SSSR count). The first-order valence-electron chi connectivity index (χ1n) is 7.56. The number of fused-ring (bicyclic) bond motifs is 3. The Hall–Kier alpha value is -2.76. The SMILES string of the molecule is Cc1ccc2c(n1)-c1cc(=O)c(-c3nc(C)no3)cn1[C@H](C)C2. The molecule has 0 N–H and O–H groups in total. The van der Waals surface area contributed by atoms with Gasteiger partial charge in [0, 0.05) is 24.0 Å². The Morgan fingerprint density at radius 2 is 2.09 bits per heavy atom. The average molecular weight is 308 g/mol. The molecule has 0 saturated heterocycles. The van der Waals surface area contributed by atoms with Crippen LogP contribution in [0.2, 0.25) is 0 Å². The zero-order chi connectivity index (χ0) is 16.1. The number of pyridine rings is 2. The lowest BCUT2D eigenvalue weighted by molar-refractivity contribution is 0.424. The van der Waals surface area contributed by atoms with Crippen molar-refractivity contribution < 1.29 is 4.52 Å². The second kappa shape index (κ2) is 4.87. The Balaban J connectivity index is 1.96. The number of hydrogen-bond acceptors (Lipinski definition) is 5. The lowest BCUT2D eigenvalue weighted by atomic mass is 9.96. The maximum Gasteiger partial charge on any atom is 0.263 e. The Morgan fingerprint density at radius 3 is 2.83 bits per heavy atom. The first-order valence-corrected chi connectivity index (χ1v) is 7.56. The van der Waals surface area contributed by atoms with Crippen LogP contribution >= 0.6 is 0 Å². The van der Waals surface area contributed by atoms with E-state index in [1.165, 1.54) is 5.56 Å². The minimum absolute atomic E-state index is 0.136. The summed E-state index contributed by atoms with van der Waals surface area (Å²) in [4.78, 5) is 21.3. The van der Waals surface area contributed by atoms with Crippen LogP contribution in [0.1, 0.15) is 30.0 Å². The van der Waals surface area contributed by atoms with Gasteiger partial charge in [0.2, 0.25) is 0 Å². The van der Waals surface area contributed by atoms with E-state index in [-0.39, 0.29) is 17.4 Å². The molecule has 0 aliphatic carbocycles. The Kier molecular flexibility index (Phi) is 2.94. The predicted molar refractivity (Wildman–Crippen MR) is 85.1 cm³/mol. The van der Waals surface area contributed by atoms with Crippen molar-refractivity contribution in [3.8, 4) is 22.8 Å². The molecule has 6 heteroatoms. The summed E-state index contributed by atoms with van der Waals surface area (Å²) in [6.45, 7) is 5.81. The Labute approximate surface area is 132 Å². The van der Waals surface area contributed by atoms with E-state index in [1.807, 2.05) is 19.2 Å². The van der Waals surface area contributed by atoms with Crippen LogP contribution in [0.15, 0.2) is 33.7 Å². The van der Waals surface area contributed by atoms with Crippen LogP contribution in [0.3, 0.4) is 0 Å². The van der Waals surface area contributed by atoms with Gasteiger partial charge in [-0.1, -0.05) is 11.2 Å². The first kappa shape index (κ1) is 13.9. The molecular formula is C17H16N4O2. The van der Waals surface area contributed by atoms with E-state index >= 15 is 0 Å². The third-order valence-electron chi connectivity index (χ3n) is 4.19. The molecule has 6 nitrogen and oxygen atoms in total. The summed E-state index contributed by atoms with van der Waals surface area (Å²) in [7, 11) is 0. The van der Waals surface area contributed by atoms with Gasteiger partial charge in [0.15, 0.2) is 11.3 Å². The van der Waals surface area contributed by atoms with Gasteiger partial charge in [0.25, 0.3) is 5.89 Å². The summed E-state index contributed by atoms with van der Waals surface area (Å²) in [6, 6.07) is 5.95. The molecule has 0 saturated carbocycles. The summed E-state index contributed by atoms with van der Waals surface area (Å²) in [5.41, 5.74) is 4.12. The minimum atomic E-state index is -0.136. The highest BCUT2D eigenvalue weighted by molar-refractivity contribution is 5.65. The van der Waals surface area contributed by atoms with Gasteiger partial charge < -0.3 is 9.09 Å². The lowest BCUT2D eigenvalue weighted by Crippen LogP contribution is -2.22. The second-order valence-electron chi connectivity index (χ2n) is 6.00. The molecular weight excluding hydrogens is 292 g/mol. The highest BCUT2D eigenvalue weighted by atomic mass is 16.5. The van der Waals surface area contributed by atoms with Crippen molar-refractivity contribution in [2.24, 2.45) is 0 Å². The maximum atomic E-state index is 12.5. The van der Waals surface area contributed by atoms with Crippen LogP contribution < -0.4 is 5.43 Å². The van der Waals surface area contributed by atoms with Crippen LogP contribution in [0.4, 0.5) is 0 Å². The third-order valence-corrected chi connectivity index (χ3v) is 4.19. The van der Waals surface area contributed by atoms with Crippen molar-refractivity contribution >= 4 is 0 Å². The van der Waals surface area contributed by atoms with Crippen LogP contribution in [0, 0.1) is 13.8 Å². The highest BCUT2D eigenvalue weighted by Gasteiger charge is 2.24. The van der Waals surface area contributed by atoms with Crippen molar-refractivity contribution in [1.29, 1.82) is 0 Å². The molecule has 3 aromatic heterocycles. The highest BCUT2D eigenvalue weighted by Crippen LogP contribution is 2.33. The fourth-order valence-corrected chi connectivity index (χ4v) is 3.06. The normalized spacial score (nSPS) is 16.0. The van der Waals surface area contributed by atoms with Crippen molar-refractivity contribution in [2.75, 3.05) is 0 Å². The monoisotopic (exact) mass is 308 g/mol. The number of aromatic nitrogens is 4. The van der Waals surface area contributed by atoms with E-state index in [9.17, 15) is 4.79 Å². The summed E-state index contributed by atoms with van der Waals surface area (Å²) in [5.74, 6) is 0.774. The molecule has 0 radical (unpaired) electrons. The smallest absolute Gasteiger partial charge is 0.263 e. The number of aryl methyl sites for hydroxylation is 2. The molecule has 4 heterocycles. The van der Waals surface area contributed by atoms with E-state index < -0.39 is 0 Å². The summed E-state index contributed by atoms with van der Waals surface area (Å²) >= 11 is 0. The van der Waals surface area contributed by atoms with Crippen molar-refractivity contribution in [1.82, 2.24) is 19.7 Å². The zero-order valence-corrected chi connectivity index (χ0v) is 13.2. The standard InChI is InChI=1S/C17H16N4O2/c1-9-4-5-12-6-10(2)21-8-13(17-19-11(3)20-23-17)15(22)7-14(21)16(12)18-9/h4-5,7-8,10H,6H2,1-3H3/t10-/m1/s1. The minimum Gasteiger partial charge on any atom is -0.342 e. The van der Waals surface area contributed by atoms with Crippen molar-refractivity contribution in [3.05, 3.63) is 51.7 Å². The van der Waals surface area contributed by atoms with Gasteiger partial charge in [-0.05, 0) is 38.8 Å². The summed E-state index contributed by atoms with van der Waals surface area (Å²) in [5, 5.41) is 3.77. The van der Waals surface area contributed by atoms with Gasteiger partial charge in [-0.25, -0.2) is 0 Å². The molecule has 0 fully saturated rings. The second-order valence-corrected chi connectivity index (χ2v) is 6.00. The third kappa shape index (κ3) is 2.18. The van der Waals surface area contributed by atoms with E-state index in [2.05, 4.69) is 32.7 Å². The van der Waals surface area contributed by atoms with Crippen LogP contribution in [0.25, 0.3) is 22.8 Å². The molecule has 23 heavy (non-hydrogen) atoms. The van der Waals surface area contributed by atoms with Gasteiger partial charge in [0.1, 0.15) is 5.56 Å². The largest absolute Gasteiger partial charge is 0.342 e. The van der Waals surface area contributed by atoms with Crippen molar-refractivity contribution in [3.63, 3.8) is 0 Å². The fraction of sp³-hybridized carbons (Fsp3) is 0.294. The molecule has 1 aliphatic heterocycles. The van der Waals surface area contributed by atoms with E-state index in [1.54, 1.807) is 13.0 Å². The fourth-order valence-electron chi connectivity index (χ4n) is 3.06. The van der Waals surface area contributed by atoms with Gasteiger partial charge in [-0.3, -0.25) is 9.78 Å². The molecule has 3 aromatic rings. The zero-order valence-electron chi connectivity index (χ0n) is 13.2. The molecule has 0 bridgehead atoms. The summed E-state index contributed by atoms with van der Waals surface area (Å²) in [6.07, 6.45) is 2.68. The number of hydrogen-bond donors (Lipinski definition) is 0. The van der Waals surface area contributed by atoms with Crippen molar-refractivity contribution in [2.45, 2.75) is 33.2 Å². The van der Waals surface area contributed by atoms with Gasteiger partial charge >= 0.3 is 0 Å². The van der Waals surface area contributed by atoms with E-state index in [4.69, 9.17) is 4.52 Å². The first-order chi connectivity index (χ1) is 11.0. The summed E-state index contributed by atoms with van der Waals surface area (Å²) < 4.78 is 7.23. The quantitative estimate of drug-likeness (QED) is 0.691. The molecule has 1 aliphatic rings. The predicted octanol–water partition coefficient (Wildman–Crippen LogP) is 2.69. The molecule has 0 unspecified atom stereocenters. The molecule has 0 amide bonds. The molecule has 0 spiro atoms. The van der Waals surface area contributed by atoms with Gasteiger partial charge in [0.05, 0.1) is 11.4 Å². The van der Waals surface area contributed by atoms with Gasteiger partial charge in [-0.2, -0.15) is 4.98 Å². The lowest BCUT2D eigenvalue weighted by Gasteiger charge is -2.27. The van der Waals surface area contributed by atoms with E-state index in [0.717, 1.165) is 23.5 Å². The molecule has 0 aromatic carbocycles. The Morgan fingerprint density at radius 1 is 1.26 bits per heavy atom. The van der Waals surface area contributed by atoms with Gasteiger partial charge in [-0.15, -0.1) is 0 Å². The Bertz CT molecular complexity index is 971.